The van der Waals surface area contributed by atoms with E-state index in [2.05, 4.69) is 11.2 Å². The molecule has 1 aromatic carbocycles. The molecule has 4 nitrogen and oxygen atoms in total. The molecular formula is C15H16N2O2. The molecular weight excluding hydrogens is 240 g/mol. The van der Waals surface area contributed by atoms with Gasteiger partial charge in [-0.25, -0.2) is 0 Å². The zero-order chi connectivity index (χ0) is 13.4. The molecule has 0 N–H and O–H groups in total. The van der Waals surface area contributed by atoms with Crippen molar-refractivity contribution in [2.45, 2.75) is 19.8 Å². The minimum Gasteiger partial charge on any atom is -0.493 e. The lowest BCUT2D eigenvalue weighted by Crippen LogP contribution is -2.08. The van der Waals surface area contributed by atoms with Gasteiger partial charge in [0, 0.05) is 12.6 Å². The minimum absolute atomic E-state index is 0.666. The molecule has 0 unspecified atom stereocenters. The molecule has 0 bridgehead atoms. The largest absolute Gasteiger partial charge is 0.493 e. The van der Waals surface area contributed by atoms with Gasteiger partial charge >= 0.3 is 0 Å². The molecule has 0 fully saturated rings. The van der Waals surface area contributed by atoms with Gasteiger partial charge in [0.1, 0.15) is 5.75 Å². The van der Waals surface area contributed by atoms with Gasteiger partial charge in [-0.1, -0.05) is 0 Å². The summed E-state index contributed by atoms with van der Waals surface area (Å²) >= 11 is 0. The molecule has 0 atom stereocenters. The number of carbonyl (C=O) groups is 1. The van der Waals surface area contributed by atoms with Gasteiger partial charge in [-0.2, -0.15) is 5.10 Å². The number of hydrogen-bond acceptors (Lipinski definition) is 3. The van der Waals surface area contributed by atoms with Crippen molar-refractivity contribution in [3.05, 3.63) is 35.0 Å². The van der Waals surface area contributed by atoms with Crippen molar-refractivity contribution in [3.63, 3.8) is 0 Å². The van der Waals surface area contributed by atoms with E-state index in [-0.39, 0.29) is 0 Å². The average Bonchev–Trinajstić information content (AvgIpc) is 2.72. The highest BCUT2D eigenvalue weighted by Crippen LogP contribution is 2.31. The van der Waals surface area contributed by atoms with Crippen LogP contribution in [0.1, 0.15) is 28.0 Å². The van der Waals surface area contributed by atoms with Crippen molar-refractivity contribution >= 4 is 6.29 Å². The summed E-state index contributed by atoms with van der Waals surface area (Å²) < 4.78 is 7.38. The first-order valence-corrected chi connectivity index (χ1v) is 6.45. The number of hydrogen-bond donors (Lipinski definition) is 0. The first-order chi connectivity index (χ1) is 9.20. The molecule has 0 spiro atoms. The van der Waals surface area contributed by atoms with Crippen LogP contribution in [0.15, 0.2) is 18.2 Å². The van der Waals surface area contributed by atoms with E-state index in [1.807, 2.05) is 26.1 Å². The number of rotatable bonds is 2. The molecule has 3 rings (SSSR count). The Morgan fingerprint density at radius 3 is 3.05 bits per heavy atom. The topological polar surface area (TPSA) is 44.1 Å². The highest BCUT2D eigenvalue weighted by atomic mass is 16.5. The molecule has 1 aliphatic rings. The van der Waals surface area contributed by atoms with Crippen LogP contribution in [0.3, 0.4) is 0 Å². The fraction of sp³-hybridized carbons (Fsp3) is 0.333. The maximum atomic E-state index is 11.2. The third-order valence-electron chi connectivity index (χ3n) is 3.57. The van der Waals surface area contributed by atoms with E-state index >= 15 is 0 Å². The molecule has 19 heavy (non-hydrogen) atoms. The number of aldehydes is 1. The van der Waals surface area contributed by atoms with Crippen molar-refractivity contribution in [1.82, 2.24) is 9.78 Å². The average molecular weight is 256 g/mol. The second kappa shape index (κ2) is 4.53. The van der Waals surface area contributed by atoms with Gasteiger partial charge in [-0.05, 0) is 43.5 Å². The summed E-state index contributed by atoms with van der Waals surface area (Å²) in [4.78, 5) is 11.2. The van der Waals surface area contributed by atoms with E-state index in [4.69, 9.17) is 4.74 Å². The monoisotopic (exact) mass is 256 g/mol. The SMILES string of the molecule is Cc1nn(C)c(-c2ccc3c(c2)CCCO3)c1C=O. The van der Waals surface area contributed by atoms with Crippen molar-refractivity contribution in [2.24, 2.45) is 7.05 Å². The van der Waals surface area contributed by atoms with Gasteiger partial charge in [0.15, 0.2) is 6.29 Å². The fourth-order valence-electron chi connectivity index (χ4n) is 2.67. The van der Waals surface area contributed by atoms with Crippen LogP contribution in [0.25, 0.3) is 11.3 Å². The number of fused-ring (bicyclic) bond motifs is 1. The van der Waals surface area contributed by atoms with Crippen molar-refractivity contribution in [3.8, 4) is 17.0 Å². The Bertz CT molecular complexity index is 644. The fourth-order valence-corrected chi connectivity index (χ4v) is 2.67. The molecule has 98 valence electrons. The molecule has 2 heterocycles. The second-order valence-electron chi connectivity index (χ2n) is 4.86. The highest BCUT2D eigenvalue weighted by molar-refractivity contribution is 5.87. The molecule has 0 saturated heterocycles. The minimum atomic E-state index is 0.666. The Kier molecular flexibility index (Phi) is 2.85. The Morgan fingerprint density at radius 2 is 2.26 bits per heavy atom. The highest BCUT2D eigenvalue weighted by Gasteiger charge is 2.17. The normalized spacial score (nSPS) is 13.8. The van der Waals surface area contributed by atoms with Gasteiger partial charge < -0.3 is 4.74 Å². The van der Waals surface area contributed by atoms with E-state index in [0.717, 1.165) is 48.4 Å². The van der Waals surface area contributed by atoms with E-state index in [0.29, 0.717) is 5.56 Å². The summed E-state index contributed by atoms with van der Waals surface area (Å²) in [7, 11) is 1.87. The molecule has 1 aliphatic heterocycles. The lowest BCUT2D eigenvalue weighted by Gasteiger charge is -2.18. The predicted octanol–water partition coefficient (Wildman–Crippen LogP) is 2.53. The lowest BCUT2D eigenvalue weighted by molar-refractivity contribution is 0.112. The maximum absolute atomic E-state index is 11.2. The second-order valence-corrected chi connectivity index (χ2v) is 4.86. The standard InChI is InChI=1S/C15H16N2O2/c1-10-13(9-18)15(17(2)16-10)12-5-6-14-11(8-12)4-3-7-19-14/h5-6,8-9H,3-4,7H2,1-2H3. The van der Waals surface area contributed by atoms with Crippen molar-refractivity contribution in [1.29, 1.82) is 0 Å². The van der Waals surface area contributed by atoms with Crippen LogP contribution in [0.4, 0.5) is 0 Å². The molecule has 0 saturated carbocycles. The Labute approximate surface area is 112 Å². The molecule has 1 aromatic heterocycles. The van der Waals surface area contributed by atoms with Gasteiger partial charge in [-0.15, -0.1) is 0 Å². The molecule has 0 radical (unpaired) electrons. The lowest BCUT2D eigenvalue weighted by atomic mass is 10.00. The molecule has 2 aromatic rings. The number of benzene rings is 1. The Morgan fingerprint density at radius 1 is 1.42 bits per heavy atom. The van der Waals surface area contributed by atoms with Gasteiger partial charge in [0.05, 0.1) is 23.6 Å². The first kappa shape index (κ1) is 12.0. The van der Waals surface area contributed by atoms with E-state index in [9.17, 15) is 4.79 Å². The Balaban J connectivity index is 2.14. The molecule has 0 amide bonds. The van der Waals surface area contributed by atoms with Crippen LogP contribution >= 0.6 is 0 Å². The summed E-state index contributed by atoms with van der Waals surface area (Å²) in [6.07, 6.45) is 2.95. The van der Waals surface area contributed by atoms with Crippen molar-refractivity contribution < 1.29 is 9.53 Å². The van der Waals surface area contributed by atoms with Crippen LogP contribution in [0.5, 0.6) is 5.75 Å². The summed E-state index contributed by atoms with van der Waals surface area (Å²) in [6, 6.07) is 6.09. The number of aryl methyl sites for hydroxylation is 3. The third kappa shape index (κ3) is 1.93. The predicted molar refractivity (Wildman–Crippen MR) is 72.6 cm³/mol. The summed E-state index contributed by atoms with van der Waals surface area (Å²) in [6.45, 7) is 2.64. The summed E-state index contributed by atoms with van der Waals surface area (Å²) in [5, 5.41) is 4.32. The summed E-state index contributed by atoms with van der Waals surface area (Å²) in [5.74, 6) is 0.960. The van der Waals surface area contributed by atoms with E-state index in [1.54, 1.807) is 4.68 Å². The Hall–Kier alpha value is -2.10. The van der Waals surface area contributed by atoms with Crippen LogP contribution in [-0.4, -0.2) is 22.7 Å². The number of ether oxygens (including phenoxy) is 1. The van der Waals surface area contributed by atoms with Crippen LogP contribution in [0, 0.1) is 6.92 Å². The van der Waals surface area contributed by atoms with Gasteiger partial charge in [0.25, 0.3) is 0 Å². The van der Waals surface area contributed by atoms with Gasteiger partial charge in [0.2, 0.25) is 0 Å². The molecule has 4 heteroatoms. The van der Waals surface area contributed by atoms with Gasteiger partial charge in [-0.3, -0.25) is 9.48 Å². The molecule has 0 aliphatic carbocycles. The van der Waals surface area contributed by atoms with E-state index in [1.165, 1.54) is 5.56 Å². The van der Waals surface area contributed by atoms with Crippen LogP contribution in [-0.2, 0) is 13.5 Å². The first-order valence-electron chi connectivity index (χ1n) is 6.45. The third-order valence-corrected chi connectivity index (χ3v) is 3.57. The van der Waals surface area contributed by atoms with Crippen molar-refractivity contribution in [2.75, 3.05) is 6.61 Å². The quantitative estimate of drug-likeness (QED) is 0.775. The zero-order valence-corrected chi connectivity index (χ0v) is 11.1. The zero-order valence-electron chi connectivity index (χ0n) is 11.1. The smallest absolute Gasteiger partial charge is 0.154 e. The number of aromatic nitrogens is 2. The van der Waals surface area contributed by atoms with Crippen LogP contribution in [0.2, 0.25) is 0 Å². The maximum Gasteiger partial charge on any atom is 0.154 e. The number of nitrogens with zero attached hydrogens (tertiary/aromatic N) is 2. The number of carbonyl (C=O) groups excluding carboxylic acids is 1. The van der Waals surface area contributed by atoms with E-state index < -0.39 is 0 Å². The van der Waals surface area contributed by atoms with Crippen LogP contribution < -0.4 is 4.74 Å². The summed E-state index contributed by atoms with van der Waals surface area (Å²) in [5.41, 5.74) is 4.54.